The highest BCUT2D eigenvalue weighted by Gasteiger charge is 2.20. The summed E-state index contributed by atoms with van der Waals surface area (Å²) in [6, 6.07) is 15.5. The van der Waals surface area contributed by atoms with Gasteiger partial charge >= 0.3 is 0 Å². The minimum Gasteiger partial charge on any atom is -0.387 e. The molecule has 0 aliphatic carbocycles. The first-order valence-corrected chi connectivity index (χ1v) is 10.1. The molecule has 4 rings (SSSR count). The maximum absolute atomic E-state index is 11.1. The average molecular weight is 401 g/mol. The first kappa shape index (κ1) is 18.7. The van der Waals surface area contributed by atoms with Crippen molar-refractivity contribution in [3.8, 4) is 11.3 Å². The average Bonchev–Trinajstić information content (AvgIpc) is 2.68. The molecular weight excluding hydrogens is 379 g/mol. The van der Waals surface area contributed by atoms with E-state index < -0.39 is 6.10 Å². The number of hydrogen-bond acceptors (Lipinski definition) is 3. The molecule has 0 amide bonds. The number of fused-ring (bicyclic) bond motifs is 1. The predicted molar refractivity (Wildman–Crippen MR) is 112 cm³/mol. The summed E-state index contributed by atoms with van der Waals surface area (Å²) in [6.07, 6.45) is 3.03. The van der Waals surface area contributed by atoms with Gasteiger partial charge in [-0.05, 0) is 49.7 Å². The molecule has 0 saturated carbocycles. The number of halogens is 2. The Morgan fingerprint density at radius 1 is 1.00 bits per heavy atom. The molecular formula is C22H22Cl2N2O. The van der Waals surface area contributed by atoms with Crippen LogP contribution < -0.4 is 0 Å². The fourth-order valence-corrected chi connectivity index (χ4v) is 4.33. The second-order valence-electron chi connectivity index (χ2n) is 7.12. The monoisotopic (exact) mass is 400 g/mol. The molecule has 1 atom stereocenters. The molecule has 140 valence electrons. The summed E-state index contributed by atoms with van der Waals surface area (Å²) in [4.78, 5) is 7.09. The van der Waals surface area contributed by atoms with Crippen molar-refractivity contribution in [3.63, 3.8) is 0 Å². The van der Waals surface area contributed by atoms with Crippen LogP contribution in [0, 0.1) is 0 Å². The van der Waals surface area contributed by atoms with Crippen LogP contribution in [0.1, 0.15) is 30.9 Å². The van der Waals surface area contributed by atoms with Crippen molar-refractivity contribution in [1.29, 1.82) is 0 Å². The predicted octanol–water partition coefficient (Wildman–Crippen LogP) is 5.73. The van der Waals surface area contributed by atoms with Crippen LogP contribution in [0.5, 0.6) is 0 Å². The van der Waals surface area contributed by atoms with E-state index in [9.17, 15) is 5.11 Å². The Morgan fingerprint density at radius 3 is 2.48 bits per heavy atom. The Hall–Kier alpha value is -1.65. The second-order valence-corrected chi connectivity index (χ2v) is 7.97. The van der Waals surface area contributed by atoms with E-state index in [1.807, 2.05) is 42.5 Å². The maximum Gasteiger partial charge on any atom is 0.0924 e. The zero-order valence-electron chi connectivity index (χ0n) is 15.0. The van der Waals surface area contributed by atoms with Crippen molar-refractivity contribution in [2.24, 2.45) is 0 Å². The van der Waals surface area contributed by atoms with Crippen molar-refractivity contribution in [2.45, 2.75) is 25.4 Å². The quantitative estimate of drug-likeness (QED) is 0.607. The van der Waals surface area contributed by atoms with Crippen LogP contribution >= 0.6 is 23.2 Å². The summed E-state index contributed by atoms with van der Waals surface area (Å²) in [5.41, 5.74) is 3.31. The number of aliphatic hydroxyl groups excluding tert-OH is 1. The van der Waals surface area contributed by atoms with Gasteiger partial charge < -0.3 is 10.0 Å². The first-order valence-electron chi connectivity index (χ1n) is 9.37. The summed E-state index contributed by atoms with van der Waals surface area (Å²) in [5.74, 6) is 0. The highest BCUT2D eigenvalue weighted by atomic mass is 35.5. The molecule has 1 unspecified atom stereocenters. The largest absolute Gasteiger partial charge is 0.387 e. The minimum absolute atomic E-state index is 0.502. The van der Waals surface area contributed by atoms with E-state index in [2.05, 4.69) is 4.90 Å². The lowest BCUT2D eigenvalue weighted by Crippen LogP contribution is -2.33. The zero-order chi connectivity index (χ0) is 18.8. The lowest BCUT2D eigenvalue weighted by atomic mass is 9.99. The molecule has 1 N–H and O–H groups in total. The normalized spacial score (nSPS) is 16.6. The molecule has 0 spiro atoms. The molecule has 2 aromatic carbocycles. The molecule has 1 saturated heterocycles. The number of benzene rings is 2. The molecule has 2 heterocycles. The SMILES string of the molecule is OC(CN1CCCCC1)c1cc(-c2ccccc2)nc2c(Cl)cc(Cl)cc12. The van der Waals surface area contributed by atoms with Gasteiger partial charge in [0.15, 0.2) is 0 Å². The molecule has 1 aromatic heterocycles. The zero-order valence-corrected chi connectivity index (χ0v) is 16.5. The van der Waals surface area contributed by atoms with Gasteiger partial charge in [-0.25, -0.2) is 4.98 Å². The summed E-state index contributed by atoms with van der Waals surface area (Å²) in [6.45, 7) is 2.68. The Bertz CT molecular complexity index is 940. The van der Waals surface area contributed by atoms with E-state index in [4.69, 9.17) is 28.2 Å². The van der Waals surface area contributed by atoms with Crippen LogP contribution in [0.4, 0.5) is 0 Å². The number of hydrogen-bond donors (Lipinski definition) is 1. The number of piperidine rings is 1. The van der Waals surface area contributed by atoms with Crippen molar-refractivity contribution in [3.05, 3.63) is 64.1 Å². The molecule has 1 aliphatic rings. The van der Waals surface area contributed by atoms with E-state index in [1.165, 1.54) is 19.3 Å². The number of pyridine rings is 1. The number of aromatic nitrogens is 1. The highest BCUT2D eigenvalue weighted by molar-refractivity contribution is 6.38. The topological polar surface area (TPSA) is 36.4 Å². The van der Waals surface area contributed by atoms with Gasteiger partial charge in [-0.2, -0.15) is 0 Å². The van der Waals surface area contributed by atoms with Gasteiger partial charge in [0.2, 0.25) is 0 Å². The Balaban J connectivity index is 1.81. The van der Waals surface area contributed by atoms with Gasteiger partial charge in [0.1, 0.15) is 0 Å². The number of β-amino-alcohol motifs (C(OH)–C–C–N with tert-alkyl or cyclic N) is 1. The number of aliphatic hydroxyl groups is 1. The van der Waals surface area contributed by atoms with E-state index in [0.29, 0.717) is 22.1 Å². The van der Waals surface area contributed by atoms with Crippen LogP contribution in [0.25, 0.3) is 22.2 Å². The highest BCUT2D eigenvalue weighted by Crippen LogP contribution is 2.35. The first-order chi connectivity index (χ1) is 13.1. The maximum atomic E-state index is 11.1. The summed E-state index contributed by atoms with van der Waals surface area (Å²) >= 11 is 12.7. The van der Waals surface area contributed by atoms with Crippen molar-refractivity contribution >= 4 is 34.1 Å². The minimum atomic E-state index is -0.620. The van der Waals surface area contributed by atoms with Crippen LogP contribution in [0.15, 0.2) is 48.5 Å². The van der Waals surface area contributed by atoms with E-state index >= 15 is 0 Å². The van der Waals surface area contributed by atoms with E-state index in [-0.39, 0.29) is 0 Å². The fourth-order valence-electron chi connectivity index (χ4n) is 3.79. The smallest absolute Gasteiger partial charge is 0.0924 e. The number of rotatable bonds is 4. The van der Waals surface area contributed by atoms with Gasteiger partial charge in [0, 0.05) is 22.5 Å². The molecule has 5 heteroatoms. The van der Waals surface area contributed by atoms with Gasteiger partial charge in [0.05, 0.1) is 22.3 Å². The van der Waals surface area contributed by atoms with Crippen molar-refractivity contribution in [2.75, 3.05) is 19.6 Å². The molecule has 3 aromatic rings. The summed E-state index contributed by atoms with van der Waals surface area (Å²) in [5, 5.41) is 12.9. The third-order valence-corrected chi connectivity index (χ3v) is 5.68. The molecule has 0 bridgehead atoms. The lowest BCUT2D eigenvalue weighted by molar-refractivity contribution is 0.102. The third kappa shape index (κ3) is 4.12. The van der Waals surface area contributed by atoms with Gasteiger partial charge in [-0.15, -0.1) is 0 Å². The Kier molecular flexibility index (Phi) is 5.65. The number of likely N-dealkylation sites (tertiary alicyclic amines) is 1. The van der Waals surface area contributed by atoms with Crippen LogP contribution in [0.2, 0.25) is 10.0 Å². The van der Waals surface area contributed by atoms with Gasteiger partial charge in [-0.1, -0.05) is 60.0 Å². The van der Waals surface area contributed by atoms with Crippen LogP contribution in [-0.4, -0.2) is 34.6 Å². The van der Waals surface area contributed by atoms with E-state index in [1.54, 1.807) is 6.07 Å². The van der Waals surface area contributed by atoms with E-state index in [0.717, 1.165) is 35.3 Å². The van der Waals surface area contributed by atoms with Crippen LogP contribution in [0.3, 0.4) is 0 Å². The Morgan fingerprint density at radius 2 is 1.74 bits per heavy atom. The number of nitrogens with zero attached hydrogens (tertiary/aromatic N) is 2. The second kappa shape index (κ2) is 8.15. The Labute approximate surface area is 169 Å². The molecule has 0 radical (unpaired) electrons. The van der Waals surface area contributed by atoms with Crippen LogP contribution in [-0.2, 0) is 0 Å². The van der Waals surface area contributed by atoms with Crippen molar-refractivity contribution in [1.82, 2.24) is 9.88 Å². The standard InChI is InChI=1S/C22H22Cl2N2O/c23-16-11-18-17(21(27)14-26-9-5-2-6-10-26)13-20(15-7-3-1-4-8-15)25-22(18)19(24)12-16/h1,3-4,7-8,11-13,21,27H,2,5-6,9-10,14H2. The summed E-state index contributed by atoms with van der Waals surface area (Å²) < 4.78 is 0. The lowest BCUT2D eigenvalue weighted by Gasteiger charge is -2.29. The third-order valence-electron chi connectivity index (χ3n) is 5.17. The molecule has 27 heavy (non-hydrogen) atoms. The molecule has 3 nitrogen and oxygen atoms in total. The van der Waals surface area contributed by atoms with Gasteiger partial charge in [0.25, 0.3) is 0 Å². The summed E-state index contributed by atoms with van der Waals surface area (Å²) in [7, 11) is 0. The van der Waals surface area contributed by atoms with Gasteiger partial charge in [-0.3, -0.25) is 0 Å². The molecule has 1 fully saturated rings. The fraction of sp³-hybridized carbons (Fsp3) is 0.318. The molecule has 1 aliphatic heterocycles. The van der Waals surface area contributed by atoms with Crippen molar-refractivity contribution < 1.29 is 5.11 Å².